The van der Waals surface area contributed by atoms with Gasteiger partial charge < -0.3 is 19.4 Å². The average Bonchev–Trinajstić information content (AvgIpc) is 3.48. The topological polar surface area (TPSA) is 86.5 Å². The van der Waals surface area contributed by atoms with Gasteiger partial charge in [0.25, 0.3) is 11.7 Å². The summed E-state index contributed by atoms with van der Waals surface area (Å²) in [6.07, 6.45) is 1.50. The number of H-pyrrole nitrogens is 1. The van der Waals surface area contributed by atoms with E-state index in [0.717, 1.165) is 22.2 Å². The van der Waals surface area contributed by atoms with Crippen LogP contribution in [0.1, 0.15) is 34.2 Å². The zero-order chi connectivity index (χ0) is 23.3. The molecule has 1 unspecified atom stereocenters. The van der Waals surface area contributed by atoms with Gasteiger partial charge in [-0.25, -0.2) is 4.39 Å². The summed E-state index contributed by atoms with van der Waals surface area (Å²) in [6, 6.07) is 14.3. The number of fused-ring (bicyclic) bond motifs is 1. The Balaban J connectivity index is 1.76. The molecule has 0 radical (unpaired) electrons. The van der Waals surface area contributed by atoms with Gasteiger partial charge in [-0.1, -0.05) is 18.2 Å². The first-order chi connectivity index (χ1) is 15.9. The van der Waals surface area contributed by atoms with Gasteiger partial charge in [0.1, 0.15) is 17.3 Å². The number of Topliss-reactive ketones (excluding diaryl/α,β-unsaturated/α-hetero) is 1. The number of hydrogen-bond acceptors (Lipinski definition) is 4. The van der Waals surface area contributed by atoms with Crippen LogP contribution in [0.5, 0.6) is 0 Å². The minimum Gasteiger partial charge on any atom is -0.507 e. The lowest BCUT2D eigenvalue weighted by Gasteiger charge is -2.25. The van der Waals surface area contributed by atoms with Crippen molar-refractivity contribution in [3.63, 3.8) is 0 Å². The normalized spacial score (nSPS) is 17.9. The van der Waals surface area contributed by atoms with Gasteiger partial charge in [-0.15, -0.1) is 0 Å². The van der Waals surface area contributed by atoms with Gasteiger partial charge in [0, 0.05) is 27.7 Å². The zero-order valence-corrected chi connectivity index (χ0v) is 18.1. The highest BCUT2D eigenvalue weighted by atomic mass is 19.1. The van der Waals surface area contributed by atoms with Gasteiger partial charge in [0.2, 0.25) is 0 Å². The van der Waals surface area contributed by atoms with Gasteiger partial charge in [0.05, 0.1) is 24.4 Å². The number of benzene rings is 2. The number of aromatic nitrogens is 1. The highest BCUT2D eigenvalue weighted by molar-refractivity contribution is 6.46. The van der Waals surface area contributed by atoms with E-state index < -0.39 is 23.5 Å². The molecule has 7 heteroatoms. The van der Waals surface area contributed by atoms with E-state index in [0.29, 0.717) is 11.3 Å². The number of ketones is 1. The lowest BCUT2D eigenvalue weighted by atomic mass is 9.93. The van der Waals surface area contributed by atoms with Crippen LogP contribution in [0.4, 0.5) is 4.39 Å². The van der Waals surface area contributed by atoms with Crippen molar-refractivity contribution in [2.45, 2.75) is 26.4 Å². The molecule has 166 valence electrons. The second-order valence-electron chi connectivity index (χ2n) is 8.18. The molecule has 0 bridgehead atoms. The van der Waals surface area contributed by atoms with Crippen molar-refractivity contribution in [1.29, 1.82) is 0 Å². The van der Waals surface area contributed by atoms with Gasteiger partial charge >= 0.3 is 0 Å². The number of para-hydroxylation sites is 1. The molecule has 6 nitrogen and oxygen atoms in total. The molecular formula is C26H21FN2O4. The van der Waals surface area contributed by atoms with Crippen LogP contribution < -0.4 is 0 Å². The van der Waals surface area contributed by atoms with Crippen LogP contribution in [0.3, 0.4) is 0 Å². The molecule has 1 fully saturated rings. The van der Waals surface area contributed by atoms with Crippen LogP contribution in [0.25, 0.3) is 16.7 Å². The Morgan fingerprint density at radius 1 is 1.12 bits per heavy atom. The molecule has 5 rings (SSSR count). The van der Waals surface area contributed by atoms with Gasteiger partial charge in [-0.3, -0.25) is 9.59 Å². The first-order valence-corrected chi connectivity index (χ1v) is 10.5. The fourth-order valence-electron chi connectivity index (χ4n) is 4.51. The number of aromatic amines is 1. The van der Waals surface area contributed by atoms with Crippen molar-refractivity contribution < 1.29 is 23.5 Å². The monoisotopic (exact) mass is 444 g/mol. The summed E-state index contributed by atoms with van der Waals surface area (Å²) >= 11 is 0. The fraction of sp³-hybridized carbons (Fsp3) is 0.154. The minimum absolute atomic E-state index is 0.0367. The summed E-state index contributed by atoms with van der Waals surface area (Å²) in [6.45, 7) is 3.49. The molecule has 4 aromatic rings. The van der Waals surface area contributed by atoms with Crippen molar-refractivity contribution in [3.05, 3.63) is 100 Å². The van der Waals surface area contributed by atoms with Crippen LogP contribution in [0, 0.1) is 19.7 Å². The zero-order valence-electron chi connectivity index (χ0n) is 18.1. The second kappa shape index (κ2) is 7.78. The number of nitrogens with zero attached hydrogens (tertiary/aromatic N) is 1. The molecule has 2 aromatic heterocycles. The van der Waals surface area contributed by atoms with Crippen LogP contribution in [-0.4, -0.2) is 26.7 Å². The second-order valence-corrected chi connectivity index (χ2v) is 8.18. The Morgan fingerprint density at radius 2 is 1.91 bits per heavy atom. The molecule has 0 aliphatic carbocycles. The van der Waals surface area contributed by atoms with Crippen LogP contribution in [-0.2, 0) is 16.1 Å². The van der Waals surface area contributed by atoms with Crippen LogP contribution in [0.15, 0.2) is 70.9 Å². The lowest BCUT2D eigenvalue weighted by Crippen LogP contribution is -2.29. The number of furan rings is 1. The molecule has 1 saturated heterocycles. The molecule has 33 heavy (non-hydrogen) atoms. The smallest absolute Gasteiger partial charge is 0.296 e. The quantitative estimate of drug-likeness (QED) is 0.259. The molecule has 1 atom stereocenters. The number of aliphatic hydroxyl groups is 1. The number of carbonyl (C=O) groups is 2. The lowest BCUT2D eigenvalue weighted by molar-refractivity contribution is -0.140. The van der Waals surface area contributed by atoms with E-state index >= 15 is 0 Å². The molecule has 0 spiro atoms. The molecular weight excluding hydrogens is 423 g/mol. The summed E-state index contributed by atoms with van der Waals surface area (Å²) in [5.41, 5.74) is 2.90. The highest BCUT2D eigenvalue weighted by Gasteiger charge is 2.47. The number of likely N-dealkylation sites (tertiary alicyclic amines) is 1. The van der Waals surface area contributed by atoms with Crippen molar-refractivity contribution in [2.24, 2.45) is 0 Å². The Labute approximate surface area is 188 Å². The van der Waals surface area contributed by atoms with E-state index in [-0.39, 0.29) is 23.4 Å². The molecule has 2 N–H and O–H groups in total. The van der Waals surface area contributed by atoms with E-state index in [1.54, 1.807) is 19.1 Å². The van der Waals surface area contributed by atoms with Gasteiger partial charge in [-0.2, -0.15) is 0 Å². The van der Waals surface area contributed by atoms with E-state index in [2.05, 4.69) is 4.98 Å². The summed E-state index contributed by atoms with van der Waals surface area (Å²) < 4.78 is 19.3. The maximum absolute atomic E-state index is 13.8. The fourth-order valence-corrected chi connectivity index (χ4v) is 4.51. The molecule has 2 aromatic carbocycles. The molecule has 1 aliphatic rings. The third-order valence-corrected chi connectivity index (χ3v) is 6.09. The third kappa shape index (κ3) is 3.33. The van der Waals surface area contributed by atoms with Crippen molar-refractivity contribution >= 4 is 28.4 Å². The van der Waals surface area contributed by atoms with Gasteiger partial charge in [0.15, 0.2) is 0 Å². The number of rotatable bonds is 4. The average molecular weight is 444 g/mol. The summed E-state index contributed by atoms with van der Waals surface area (Å²) in [7, 11) is 0. The van der Waals surface area contributed by atoms with E-state index in [1.807, 2.05) is 31.2 Å². The number of nitrogens with one attached hydrogen (secondary N) is 1. The number of aryl methyl sites for hydroxylation is 2. The number of aliphatic hydroxyl groups excluding tert-OH is 1. The predicted octanol–water partition coefficient (Wildman–Crippen LogP) is 5.14. The highest BCUT2D eigenvalue weighted by Crippen LogP contribution is 2.44. The molecule has 0 saturated carbocycles. The van der Waals surface area contributed by atoms with E-state index in [9.17, 15) is 19.1 Å². The summed E-state index contributed by atoms with van der Waals surface area (Å²) in [4.78, 5) is 31.1. The first-order valence-electron chi connectivity index (χ1n) is 10.5. The van der Waals surface area contributed by atoms with E-state index in [4.69, 9.17) is 4.42 Å². The first kappa shape index (κ1) is 20.8. The van der Waals surface area contributed by atoms with E-state index in [1.165, 1.54) is 29.4 Å². The Hall–Kier alpha value is -4.13. The maximum atomic E-state index is 13.8. The van der Waals surface area contributed by atoms with Crippen LogP contribution >= 0.6 is 0 Å². The molecule has 1 amide bonds. The molecule has 1 aliphatic heterocycles. The van der Waals surface area contributed by atoms with Crippen molar-refractivity contribution in [1.82, 2.24) is 9.88 Å². The van der Waals surface area contributed by atoms with Gasteiger partial charge in [-0.05, 0) is 55.8 Å². The van der Waals surface area contributed by atoms with Crippen LogP contribution in [0.2, 0.25) is 0 Å². The van der Waals surface area contributed by atoms with Crippen molar-refractivity contribution in [2.75, 3.05) is 0 Å². The number of hydrogen-bond donors (Lipinski definition) is 2. The SMILES string of the molecule is Cc1cc(/C(O)=C2\C(=O)C(=O)N(Cc3ccco3)C2c2c(C)[nH]c3ccccc23)ccc1F. The van der Waals surface area contributed by atoms with Crippen molar-refractivity contribution in [3.8, 4) is 0 Å². The standard InChI is InChI=1S/C26H21FN2O4/c1-14-12-16(9-10-19(14)27)24(30)22-23(21-15(2)28-20-8-4-3-7-18(20)21)29(26(32)25(22)31)13-17-6-5-11-33-17/h3-12,23,28,30H,13H2,1-2H3/b24-22+. The minimum atomic E-state index is -0.850. The predicted molar refractivity (Wildman–Crippen MR) is 121 cm³/mol. The molecule has 3 heterocycles. The Kier molecular flexibility index (Phi) is 4.89. The summed E-state index contributed by atoms with van der Waals surface area (Å²) in [5, 5.41) is 12.1. The Bertz CT molecular complexity index is 1430. The number of amides is 1. The number of carbonyl (C=O) groups excluding carboxylic acids is 2. The maximum Gasteiger partial charge on any atom is 0.296 e. The largest absolute Gasteiger partial charge is 0.507 e. The summed E-state index contributed by atoms with van der Waals surface area (Å²) in [5.74, 6) is -1.78. The number of halogens is 1. The Morgan fingerprint density at radius 3 is 2.64 bits per heavy atom. The third-order valence-electron chi connectivity index (χ3n) is 6.09.